The van der Waals surface area contributed by atoms with Crippen molar-refractivity contribution in [2.24, 2.45) is 0 Å². The minimum absolute atomic E-state index is 0.0744. The van der Waals surface area contributed by atoms with Gasteiger partial charge in [-0.15, -0.1) is 0 Å². The highest BCUT2D eigenvalue weighted by molar-refractivity contribution is 9.10. The quantitative estimate of drug-likeness (QED) is 0.333. The normalized spacial score (nSPS) is 19.3. The number of benzene rings is 1. The Morgan fingerprint density at radius 3 is 3.03 bits per heavy atom. The van der Waals surface area contributed by atoms with Gasteiger partial charge in [-0.2, -0.15) is 0 Å². The summed E-state index contributed by atoms with van der Waals surface area (Å²) in [6.45, 7) is 1.85. The number of thioether (sulfide) groups is 1. The van der Waals surface area contributed by atoms with Crippen LogP contribution in [0.1, 0.15) is 24.0 Å². The van der Waals surface area contributed by atoms with E-state index >= 15 is 0 Å². The van der Waals surface area contributed by atoms with E-state index in [-0.39, 0.29) is 24.5 Å². The van der Waals surface area contributed by atoms with Crippen molar-refractivity contribution in [2.45, 2.75) is 32.0 Å². The highest BCUT2D eigenvalue weighted by atomic mass is 79.9. The van der Waals surface area contributed by atoms with Crippen molar-refractivity contribution in [2.75, 3.05) is 13.2 Å². The van der Waals surface area contributed by atoms with Crippen LogP contribution in [0.5, 0.6) is 0 Å². The molecule has 0 aliphatic carbocycles. The van der Waals surface area contributed by atoms with E-state index in [1.54, 1.807) is 17.3 Å². The predicted molar refractivity (Wildman–Crippen MR) is 145 cm³/mol. The maximum Gasteiger partial charge on any atom is 0.266 e. The van der Waals surface area contributed by atoms with E-state index in [1.165, 1.54) is 11.8 Å². The maximum atomic E-state index is 13.2. The fourth-order valence-corrected chi connectivity index (χ4v) is 5.85. The Labute approximate surface area is 221 Å². The SMILES string of the molecule is O=C(Cn1cc(/C=C2\SC(=S)N(Cc3cccnc3)C2=O)c2cc(Br)ccc21)NC[C@@H]1CCCO1. The molecule has 2 aromatic heterocycles. The number of rotatable bonds is 7. The Kier molecular flexibility index (Phi) is 7.33. The number of aromatic nitrogens is 2. The number of hydrogen-bond acceptors (Lipinski definition) is 6. The molecule has 35 heavy (non-hydrogen) atoms. The summed E-state index contributed by atoms with van der Waals surface area (Å²) in [6, 6.07) is 9.67. The molecule has 0 bridgehead atoms. The average Bonchev–Trinajstić information content (AvgIpc) is 3.55. The summed E-state index contributed by atoms with van der Waals surface area (Å²) in [6.07, 6.45) is 9.32. The minimum Gasteiger partial charge on any atom is -0.376 e. The topological polar surface area (TPSA) is 76.5 Å². The number of hydrogen-bond donors (Lipinski definition) is 1. The molecular weight excluding hydrogens is 548 g/mol. The number of ether oxygens (including phenoxy) is 1. The molecular formula is C25H23BrN4O3S2. The van der Waals surface area contributed by atoms with Crippen LogP contribution in [0.15, 0.2) is 58.3 Å². The van der Waals surface area contributed by atoms with Crippen LogP contribution < -0.4 is 5.32 Å². The van der Waals surface area contributed by atoms with Gasteiger partial charge < -0.3 is 14.6 Å². The van der Waals surface area contributed by atoms with Gasteiger partial charge in [-0.3, -0.25) is 19.5 Å². The molecule has 1 N–H and O–H groups in total. The summed E-state index contributed by atoms with van der Waals surface area (Å²) in [5, 5.41) is 3.92. The summed E-state index contributed by atoms with van der Waals surface area (Å²) in [7, 11) is 0. The smallest absolute Gasteiger partial charge is 0.266 e. The van der Waals surface area contributed by atoms with Crippen molar-refractivity contribution >= 4 is 73.0 Å². The number of carbonyl (C=O) groups excluding carboxylic acids is 2. The molecule has 2 aliphatic rings. The number of fused-ring (bicyclic) bond motifs is 1. The highest BCUT2D eigenvalue weighted by Gasteiger charge is 2.32. The number of nitrogens with zero attached hydrogens (tertiary/aromatic N) is 3. The number of thiocarbonyl (C=S) groups is 1. The monoisotopic (exact) mass is 570 g/mol. The van der Waals surface area contributed by atoms with E-state index < -0.39 is 0 Å². The molecule has 2 amide bonds. The van der Waals surface area contributed by atoms with Crippen molar-refractivity contribution in [1.29, 1.82) is 0 Å². The van der Waals surface area contributed by atoms with Crippen molar-refractivity contribution in [1.82, 2.24) is 19.8 Å². The van der Waals surface area contributed by atoms with E-state index in [9.17, 15) is 9.59 Å². The Hall–Kier alpha value is -2.53. The molecule has 10 heteroatoms. The van der Waals surface area contributed by atoms with E-state index in [2.05, 4.69) is 26.2 Å². The van der Waals surface area contributed by atoms with Gasteiger partial charge in [-0.25, -0.2) is 0 Å². The molecule has 2 aliphatic heterocycles. The van der Waals surface area contributed by atoms with E-state index in [0.717, 1.165) is 46.0 Å². The average molecular weight is 572 g/mol. The van der Waals surface area contributed by atoms with Gasteiger partial charge in [0.05, 0.1) is 17.6 Å². The van der Waals surface area contributed by atoms with Gasteiger partial charge in [0, 0.05) is 52.7 Å². The number of amides is 2. The summed E-state index contributed by atoms with van der Waals surface area (Å²) >= 11 is 10.3. The van der Waals surface area contributed by atoms with Crippen LogP contribution in [-0.2, 0) is 27.4 Å². The second-order valence-electron chi connectivity index (χ2n) is 8.44. The van der Waals surface area contributed by atoms with Gasteiger partial charge in [0.2, 0.25) is 5.91 Å². The molecule has 1 atom stereocenters. The van der Waals surface area contributed by atoms with Crippen LogP contribution in [0.3, 0.4) is 0 Å². The number of halogens is 1. The lowest BCUT2D eigenvalue weighted by Crippen LogP contribution is -2.34. The van der Waals surface area contributed by atoms with Crippen LogP contribution in [-0.4, -0.2) is 49.8 Å². The van der Waals surface area contributed by atoms with E-state index in [1.807, 2.05) is 47.2 Å². The summed E-state index contributed by atoms with van der Waals surface area (Å²) in [5.41, 5.74) is 2.69. The summed E-state index contributed by atoms with van der Waals surface area (Å²) < 4.78 is 8.94. The van der Waals surface area contributed by atoms with E-state index in [0.29, 0.717) is 22.3 Å². The molecule has 1 aromatic carbocycles. The van der Waals surface area contributed by atoms with Crippen LogP contribution in [0, 0.1) is 0 Å². The predicted octanol–water partition coefficient (Wildman–Crippen LogP) is 4.50. The first-order chi connectivity index (χ1) is 17.0. The largest absolute Gasteiger partial charge is 0.376 e. The molecule has 2 saturated heterocycles. The molecule has 0 saturated carbocycles. The Balaban J connectivity index is 1.38. The second-order valence-corrected chi connectivity index (χ2v) is 11.0. The Morgan fingerprint density at radius 1 is 1.37 bits per heavy atom. The van der Waals surface area contributed by atoms with Gasteiger partial charge >= 0.3 is 0 Å². The second kappa shape index (κ2) is 10.6. The van der Waals surface area contributed by atoms with Crippen molar-refractivity contribution < 1.29 is 14.3 Å². The first kappa shape index (κ1) is 24.2. The maximum absolute atomic E-state index is 13.2. The lowest BCUT2D eigenvalue weighted by Gasteiger charge is -2.13. The van der Waals surface area contributed by atoms with E-state index in [4.69, 9.17) is 17.0 Å². The first-order valence-electron chi connectivity index (χ1n) is 11.3. The first-order valence-corrected chi connectivity index (χ1v) is 13.3. The van der Waals surface area contributed by atoms with Crippen LogP contribution in [0.25, 0.3) is 17.0 Å². The molecule has 0 radical (unpaired) electrons. The van der Waals surface area contributed by atoms with Crippen LogP contribution >= 0.6 is 39.9 Å². The molecule has 0 unspecified atom stereocenters. The fraction of sp³-hybridized carbons (Fsp3) is 0.280. The zero-order valence-electron chi connectivity index (χ0n) is 18.8. The van der Waals surface area contributed by atoms with Gasteiger partial charge in [-0.05, 0) is 48.7 Å². The third kappa shape index (κ3) is 5.50. The Bertz CT molecular complexity index is 1320. The number of pyridine rings is 1. The fourth-order valence-electron chi connectivity index (χ4n) is 4.24. The highest BCUT2D eigenvalue weighted by Crippen LogP contribution is 2.35. The summed E-state index contributed by atoms with van der Waals surface area (Å²) in [5.74, 6) is -0.205. The number of nitrogens with one attached hydrogen (secondary N) is 1. The Morgan fingerprint density at radius 2 is 2.26 bits per heavy atom. The van der Waals surface area contributed by atoms with Gasteiger partial charge in [0.15, 0.2) is 0 Å². The third-order valence-electron chi connectivity index (χ3n) is 5.96. The molecule has 3 aromatic rings. The van der Waals surface area contributed by atoms with Crippen molar-refractivity contribution in [3.63, 3.8) is 0 Å². The molecule has 4 heterocycles. The standard InChI is InChI=1S/C25H23BrN4O3S2/c26-18-5-6-21-20(10-18)17(14-29(21)15-23(31)28-12-19-4-2-8-33-19)9-22-24(32)30(25(34)35-22)13-16-3-1-7-27-11-16/h1,3,5-7,9-11,14,19H,2,4,8,12-13,15H2,(H,28,31)/b22-9-/t19-/m0/s1. The molecule has 7 nitrogen and oxygen atoms in total. The summed E-state index contributed by atoms with van der Waals surface area (Å²) in [4.78, 5) is 32.1. The molecule has 2 fully saturated rings. The lowest BCUT2D eigenvalue weighted by molar-refractivity contribution is -0.123. The molecule has 5 rings (SSSR count). The van der Waals surface area contributed by atoms with Crippen LogP contribution in [0.4, 0.5) is 0 Å². The minimum atomic E-state index is -0.131. The zero-order valence-corrected chi connectivity index (χ0v) is 22.0. The number of carbonyl (C=O) groups is 2. The molecule has 0 spiro atoms. The van der Waals surface area contributed by atoms with Gasteiger partial charge in [0.25, 0.3) is 5.91 Å². The van der Waals surface area contributed by atoms with Gasteiger partial charge in [0.1, 0.15) is 10.9 Å². The van der Waals surface area contributed by atoms with Crippen molar-refractivity contribution in [3.8, 4) is 0 Å². The zero-order chi connectivity index (χ0) is 24.4. The van der Waals surface area contributed by atoms with Gasteiger partial charge in [-0.1, -0.05) is 46.0 Å². The lowest BCUT2D eigenvalue weighted by atomic mass is 10.1. The van der Waals surface area contributed by atoms with Crippen LogP contribution in [0.2, 0.25) is 0 Å². The third-order valence-corrected chi connectivity index (χ3v) is 7.83. The van der Waals surface area contributed by atoms with Crippen molar-refractivity contribution in [3.05, 3.63) is 69.4 Å². The molecule has 180 valence electrons.